The Kier molecular flexibility index (Phi) is 5.18. The summed E-state index contributed by atoms with van der Waals surface area (Å²) in [5, 5.41) is 0. The fourth-order valence-electron chi connectivity index (χ4n) is 2.92. The van der Waals surface area contributed by atoms with Crippen LogP contribution in [0.5, 0.6) is 0 Å². The number of nitrogens with two attached hydrogens (primary N) is 1. The lowest BCUT2D eigenvalue weighted by Gasteiger charge is -2.29. The van der Waals surface area contributed by atoms with Crippen LogP contribution in [-0.4, -0.2) is 48.3 Å². The fourth-order valence-corrected chi connectivity index (χ4v) is 2.92. The van der Waals surface area contributed by atoms with Crippen molar-refractivity contribution in [2.75, 3.05) is 33.9 Å². The molecule has 2 heterocycles. The molecular weight excluding hydrogens is 252 g/mol. The molecule has 1 fully saturated rings. The molecule has 1 aromatic rings. The highest BCUT2D eigenvalue weighted by molar-refractivity contribution is 5.09. The molecule has 114 valence electrons. The SMILES string of the molecule is CC(C)C(CN(C)C)n1cncc1C(N)C1CCOC1. The molecule has 3 atom stereocenters. The van der Waals surface area contributed by atoms with Gasteiger partial charge >= 0.3 is 0 Å². The average molecular weight is 280 g/mol. The van der Waals surface area contributed by atoms with Gasteiger partial charge in [0, 0.05) is 31.3 Å². The normalized spacial score (nSPS) is 22.6. The second kappa shape index (κ2) is 6.70. The lowest BCUT2D eigenvalue weighted by Crippen LogP contribution is -2.32. The number of ether oxygens (including phenoxy) is 1. The first-order valence-corrected chi connectivity index (χ1v) is 7.50. The summed E-state index contributed by atoms with van der Waals surface area (Å²) in [6.45, 7) is 7.10. The summed E-state index contributed by atoms with van der Waals surface area (Å²) < 4.78 is 7.74. The Bertz CT molecular complexity index is 410. The van der Waals surface area contributed by atoms with Gasteiger partial charge in [0.1, 0.15) is 0 Å². The highest BCUT2D eigenvalue weighted by Gasteiger charge is 2.28. The maximum absolute atomic E-state index is 6.46. The lowest BCUT2D eigenvalue weighted by molar-refractivity contribution is 0.179. The van der Waals surface area contributed by atoms with Gasteiger partial charge < -0.3 is 19.9 Å². The molecule has 0 aromatic carbocycles. The van der Waals surface area contributed by atoms with Gasteiger partial charge in [0.15, 0.2) is 0 Å². The van der Waals surface area contributed by atoms with Crippen LogP contribution < -0.4 is 5.73 Å². The van der Waals surface area contributed by atoms with Crippen molar-refractivity contribution in [2.24, 2.45) is 17.6 Å². The standard InChI is InChI=1S/C15H28N4O/c1-11(2)14(8-18(3)4)19-10-17-7-13(19)15(16)12-5-6-20-9-12/h7,10-12,14-15H,5-6,8-9,16H2,1-4H3. The van der Waals surface area contributed by atoms with E-state index in [2.05, 4.69) is 42.4 Å². The van der Waals surface area contributed by atoms with E-state index in [1.54, 1.807) is 0 Å². The van der Waals surface area contributed by atoms with E-state index in [-0.39, 0.29) is 6.04 Å². The Hall–Kier alpha value is -0.910. The van der Waals surface area contributed by atoms with E-state index < -0.39 is 0 Å². The number of hydrogen-bond acceptors (Lipinski definition) is 4. The van der Waals surface area contributed by atoms with E-state index in [0.717, 1.165) is 31.9 Å². The third-order valence-electron chi connectivity index (χ3n) is 4.19. The summed E-state index contributed by atoms with van der Waals surface area (Å²) >= 11 is 0. The molecule has 2 rings (SSSR count). The molecule has 1 aromatic heterocycles. The summed E-state index contributed by atoms with van der Waals surface area (Å²) in [6, 6.07) is 0.416. The van der Waals surface area contributed by atoms with Crippen LogP contribution in [0, 0.1) is 11.8 Å². The molecule has 0 saturated carbocycles. The summed E-state index contributed by atoms with van der Waals surface area (Å²) in [5.74, 6) is 0.954. The Morgan fingerprint density at radius 2 is 2.25 bits per heavy atom. The molecule has 5 heteroatoms. The number of imidazole rings is 1. The molecule has 1 saturated heterocycles. The molecule has 2 N–H and O–H groups in total. The van der Waals surface area contributed by atoms with Crippen molar-refractivity contribution >= 4 is 0 Å². The van der Waals surface area contributed by atoms with Gasteiger partial charge in [-0.2, -0.15) is 0 Å². The van der Waals surface area contributed by atoms with Crippen LogP contribution in [0.4, 0.5) is 0 Å². The van der Waals surface area contributed by atoms with Crippen LogP contribution in [0.2, 0.25) is 0 Å². The smallest absolute Gasteiger partial charge is 0.0951 e. The van der Waals surface area contributed by atoms with Crippen molar-refractivity contribution in [2.45, 2.75) is 32.4 Å². The first-order valence-electron chi connectivity index (χ1n) is 7.50. The highest BCUT2D eigenvalue weighted by atomic mass is 16.5. The van der Waals surface area contributed by atoms with E-state index in [9.17, 15) is 0 Å². The Balaban J connectivity index is 2.20. The van der Waals surface area contributed by atoms with Crippen LogP contribution in [0.1, 0.15) is 38.0 Å². The Morgan fingerprint density at radius 3 is 2.80 bits per heavy atom. The first kappa shape index (κ1) is 15.5. The zero-order valence-corrected chi connectivity index (χ0v) is 13.1. The van der Waals surface area contributed by atoms with E-state index >= 15 is 0 Å². The molecule has 5 nitrogen and oxygen atoms in total. The van der Waals surface area contributed by atoms with Crippen LogP contribution in [0.25, 0.3) is 0 Å². The molecule has 1 aliphatic heterocycles. The second-order valence-electron chi connectivity index (χ2n) is 6.45. The van der Waals surface area contributed by atoms with Gasteiger partial charge in [-0.05, 0) is 26.4 Å². The summed E-state index contributed by atoms with van der Waals surface area (Å²) in [5.41, 5.74) is 7.60. The molecule has 1 aliphatic rings. The summed E-state index contributed by atoms with van der Waals surface area (Å²) in [4.78, 5) is 6.57. The topological polar surface area (TPSA) is 56.3 Å². The molecule has 0 amide bonds. The minimum Gasteiger partial charge on any atom is -0.381 e. The third kappa shape index (κ3) is 3.40. The molecule has 3 unspecified atom stereocenters. The predicted octanol–water partition coefficient (Wildman–Crippen LogP) is 1.68. The Labute approximate surface area is 122 Å². The third-order valence-corrected chi connectivity index (χ3v) is 4.19. The number of nitrogens with zero attached hydrogens (tertiary/aromatic N) is 3. The van der Waals surface area contributed by atoms with Crippen molar-refractivity contribution in [3.63, 3.8) is 0 Å². The number of likely N-dealkylation sites (N-methyl/N-ethyl adjacent to an activating group) is 1. The average Bonchev–Trinajstić information content (AvgIpc) is 3.05. The largest absolute Gasteiger partial charge is 0.381 e. The van der Waals surface area contributed by atoms with Crippen LogP contribution >= 0.6 is 0 Å². The lowest BCUT2D eigenvalue weighted by atomic mass is 9.96. The summed E-state index contributed by atoms with van der Waals surface area (Å²) in [7, 11) is 4.22. The number of rotatable bonds is 6. The molecule has 20 heavy (non-hydrogen) atoms. The highest BCUT2D eigenvalue weighted by Crippen LogP contribution is 2.30. The zero-order chi connectivity index (χ0) is 14.7. The second-order valence-corrected chi connectivity index (χ2v) is 6.45. The van der Waals surface area contributed by atoms with Crippen molar-refractivity contribution in [3.8, 4) is 0 Å². The van der Waals surface area contributed by atoms with Crippen molar-refractivity contribution in [1.82, 2.24) is 14.5 Å². The van der Waals surface area contributed by atoms with Gasteiger partial charge in [-0.15, -0.1) is 0 Å². The van der Waals surface area contributed by atoms with Gasteiger partial charge in [0.25, 0.3) is 0 Å². The molecule has 0 bridgehead atoms. The minimum absolute atomic E-state index is 0.0170. The van der Waals surface area contributed by atoms with Gasteiger partial charge in [-0.3, -0.25) is 0 Å². The predicted molar refractivity (Wildman–Crippen MR) is 80.5 cm³/mol. The summed E-state index contributed by atoms with van der Waals surface area (Å²) in [6.07, 6.45) is 4.90. The number of aromatic nitrogens is 2. The van der Waals surface area contributed by atoms with Gasteiger partial charge in [-0.25, -0.2) is 4.98 Å². The van der Waals surface area contributed by atoms with Crippen LogP contribution in [0.15, 0.2) is 12.5 Å². The van der Waals surface area contributed by atoms with Gasteiger partial charge in [-0.1, -0.05) is 13.8 Å². The fraction of sp³-hybridized carbons (Fsp3) is 0.800. The van der Waals surface area contributed by atoms with Gasteiger partial charge in [0.2, 0.25) is 0 Å². The first-order chi connectivity index (χ1) is 9.50. The van der Waals surface area contributed by atoms with Crippen molar-refractivity contribution in [3.05, 3.63) is 18.2 Å². The number of hydrogen-bond donors (Lipinski definition) is 1. The molecule has 0 spiro atoms. The quantitative estimate of drug-likeness (QED) is 0.861. The Morgan fingerprint density at radius 1 is 1.50 bits per heavy atom. The maximum atomic E-state index is 6.46. The van der Waals surface area contributed by atoms with E-state index in [1.165, 1.54) is 0 Å². The van der Waals surface area contributed by atoms with E-state index in [1.807, 2.05) is 12.5 Å². The van der Waals surface area contributed by atoms with Gasteiger partial charge in [0.05, 0.1) is 24.7 Å². The minimum atomic E-state index is 0.0170. The maximum Gasteiger partial charge on any atom is 0.0951 e. The monoisotopic (exact) mass is 280 g/mol. The van der Waals surface area contributed by atoms with E-state index in [0.29, 0.717) is 17.9 Å². The molecule has 0 aliphatic carbocycles. The van der Waals surface area contributed by atoms with Crippen LogP contribution in [0.3, 0.4) is 0 Å². The van der Waals surface area contributed by atoms with Crippen LogP contribution in [-0.2, 0) is 4.74 Å². The van der Waals surface area contributed by atoms with Crippen molar-refractivity contribution in [1.29, 1.82) is 0 Å². The van der Waals surface area contributed by atoms with Crippen molar-refractivity contribution < 1.29 is 4.74 Å². The zero-order valence-electron chi connectivity index (χ0n) is 13.1. The van der Waals surface area contributed by atoms with E-state index in [4.69, 9.17) is 10.5 Å². The molecule has 0 radical (unpaired) electrons. The molecular formula is C15H28N4O.